The lowest BCUT2D eigenvalue weighted by Gasteiger charge is -2.06. The molecule has 0 saturated heterocycles. The molecule has 1 heterocycles. The van der Waals surface area contributed by atoms with Gasteiger partial charge in [-0.15, -0.1) is 0 Å². The molecule has 0 radical (unpaired) electrons. The second-order valence-electron chi connectivity index (χ2n) is 4.21. The minimum atomic E-state index is -0.223. The lowest BCUT2D eigenvalue weighted by Crippen LogP contribution is -2.28. The van der Waals surface area contributed by atoms with E-state index in [9.17, 15) is 4.79 Å². The van der Waals surface area contributed by atoms with Gasteiger partial charge in [0.05, 0.1) is 11.9 Å². The molecule has 0 aliphatic heterocycles. The third-order valence-corrected chi connectivity index (χ3v) is 3.01. The highest BCUT2D eigenvalue weighted by Gasteiger charge is 2.13. The van der Waals surface area contributed by atoms with Crippen molar-refractivity contribution in [3.63, 3.8) is 0 Å². The maximum atomic E-state index is 11.9. The number of aromatic nitrogens is 2. The van der Waals surface area contributed by atoms with Gasteiger partial charge >= 0.3 is 0 Å². The Hall–Kier alpha value is -2.01. The van der Waals surface area contributed by atoms with Crippen molar-refractivity contribution in [2.75, 3.05) is 12.3 Å². The van der Waals surface area contributed by atoms with Gasteiger partial charge < -0.3 is 11.1 Å². The van der Waals surface area contributed by atoms with Crippen LogP contribution in [0.4, 0.5) is 5.69 Å². The van der Waals surface area contributed by atoms with E-state index >= 15 is 0 Å². The largest absolute Gasteiger partial charge is 0.396 e. The van der Waals surface area contributed by atoms with Gasteiger partial charge in [0.25, 0.3) is 5.91 Å². The van der Waals surface area contributed by atoms with Gasteiger partial charge in [-0.25, -0.2) is 0 Å². The SMILES string of the molecule is Cn1ncc(N)c1C(=O)NCCc1cccc(Cl)c1. The van der Waals surface area contributed by atoms with Crippen LogP contribution in [0.1, 0.15) is 16.1 Å². The Balaban J connectivity index is 1.91. The zero-order valence-electron chi connectivity index (χ0n) is 10.6. The van der Waals surface area contributed by atoms with Gasteiger partial charge in [-0.3, -0.25) is 9.48 Å². The fourth-order valence-corrected chi connectivity index (χ4v) is 2.04. The molecule has 0 aliphatic carbocycles. The number of aryl methyl sites for hydroxylation is 1. The maximum absolute atomic E-state index is 11.9. The number of nitrogens with one attached hydrogen (secondary N) is 1. The molecule has 0 saturated carbocycles. The summed E-state index contributed by atoms with van der Waals surface area (Å²) in [4.78, 5) is 11.9. The van der Waals surface area contributed by atoms with Crippen LogP contribution in [0, 0.1) is 0 Å². The van der Waals surface area contributed by atoms with Crippen molar-refractivity contribution in [2.45, 2.75) is 6.42 Å². The molecule has 100 valence electrons. The summed E-state index contributed by atoms with van der Waals surface area (Å²) >= 11 is 5.89. The molecule has 1 aromatic carbocycles. The monoisotopic (exact) mass is 278 g/mol. The molecule has 3 N–H and O–H groups in total. The Bertz CT molecular complexity index is 575. The molecule has 0 aliphatic rings. The Morgan fingerprint density at radius 2 is 2.32 bits per heavy atom. The van der Waals surface area contributed by atoms with Gasteiger partial charge in [0.15, 0.2) is 0 Å². The summed E-state index contributed by atoms with van der Waals surface area (Å²) < 4.78 is 1.46. The fraction of sp³-hybridized carbons (Fsp3) is 0.231. The third-order valence-electron chi connectivity index (χ3n) is 2.77. The summed E-state index contributed by atoms with van der Waals surface area (Å²) in [6, 6.07) is 7.56. The van der Waals surface area contributed by atoms with Gasteiger partial charge in [0.1, 0.15) is 5.69 Å². The Morgan fingerprint density at radius 1 is 1.53 bits per heavy atom. The second kappa shape index (κ2) is 5.75. The van der Waals surface area contributed by atoms with Crippen molar-refractivity contribution in [3.8, 4) is 0 Å². The molecule has 5 nitrogen and oxygen atoms in total. The Morgan fingerprint density at radius 3 is 2.95 bits per heavy atom. The van der Waals surface area contributed by atoms with Crippen LogP contribution in [0.3, 0.4) is 0 Å². The molecule has 0 spiro atoms. The summed E-state index contributed by atoms with van der Waals surface area (Å²) in [6.07, 6.45) is 2.18. The van der Waals surface area contributed by atoms with Crippen molar-refractivity contribution in [3.05, 3.63) is 46.7 Å². The number of amides is 1. The lowest BCUT2D eigenvalue weighted by molar-refractivity contribution is 0.0945. The predicted octanol–water partition coefficient (Wildman–Crippen LogP) is 1.63. The minimum Gasteiger partial charge on any atom is -0.396 e. The smallest absolute Gasteiger partial charge is 0.271 e. The van der Waals surface area contributed by atoms with Crippen molar-refractivity contribution in [1.29, 1.82) is 0 Å². The summed E-state index contributed by atoms with van der Waals surface area (Å²) in [6.45, 7) is 0.518. The number of carbonyl (C=O) groups is 1. The number of rotatable bonds is 4. The number of hydrogen-bond acceptors (Lipinski definition) is 3. The summed E-state index contributed by atoms with van der Waals surface area (Å²) in [5, 5.41) is 7.43. The van der Waals surface area contributed by atoms with Crippen LogP contribution in [0.2, 0.25) is 5.02 Å². The van der Waals surface area contributed by atoms with Crippen LogP contribution >= 0.6 is 11.6 Å². The molecular weight excluding hydrogens is 264 g/mol. The molecule has 19 heavy (non-hydrogen) atoms. The number of nitrogens with zero attached hydrogens (tertiary/aromatic N) is 2. The first kappa shape index (κ1) is 13.4. The van der Waals surface area contributed by atoms with E-state index in [2.05, 4.69) is 10.4 Å². The number of halogens is 1. The zero-order valence-corrected chi connectivity index (χ0v) is 11.3. The molecule has 0 unspecified atom stereocenters. The standard InChI is InChI=1S/C13H15ClN4O/c1-18-12(11(15)8-17-18)13(19)16-6-5-9-3-2-4-10(14)7-9/h2-4,7-8H,5-6,15H2,1H3,(H,16,19). The average Bonchev–Trinajstić information content (AvgIpc) is 2.69. The van der Waals surface area contributed by atoms with Gasteiger partial charge in [-0.05, 0) is 24.1 Å². The zero-order chi connectivity index (χ0) is 13.8. The van der Waals surface area contributed by atoms with E-state index in [1.54, 1.807) is 7.05 Å². The predicted molar refractivity (Wildman–Crippen MR) is 75.1 cm³/mol. The van der Waals surface area contributed by atoms with Gasteiger partial charge in [0.2, 0.25) is 0 Å². The first-order valence-electron chi connectivity index (χ1n) is 5.88. The Labute approximate surface area is 116 Å². The van der Waals surface area contributed by atoms with Gasteiger partial charge in [-0.1, -0.05) is 23.7 Å². The topological polar surface area (TPSA) is 72.9 Å². The number of nitrogen functional groups attached to an aromatic ring is 1. The number of anilines is 1. The number of carbonyl (C=O) groups excluding carboxylic acids is 1. The van der Waals surface area contributed by atoms with Gasteiger partial charge in [-0.2, -0.15) is 5.10 Å². The van der Waals surface area contributed by atoms with Gasteiger partial charge in [0, 0.05) is 18.6 Å². The maximum Gasteiger partial charge on any atom is 0.271 e. The van der Waals surface area contributed by atoms with Crippen molar-refractivity contribution < 1.29 is 4.79 Å². The van der Waals surface area contributed by atoms with Crippen LogP contribution < -0.4 is 11.1 Å². The molecule has 0 bridgehead atoms. The van der Waals surface area contributed by atoms with Crippen molar-refractivity contribution in [2.24, 2.45) is 7.05 Å². The highest BCUT2D eigenvalue weighted by molar-refractivity contribution is 6.30. The van der Waals surface area contributed by atoms with Crippen LogP contribution in [0.15, 0.2) is 30.5 Å². The molecule has 2 rings (SSSR count). The van der Waals surface area contributed by atoms with E-state index in [-0.39, 0.29) is 5.91 Å². The highest BCUT2D eigenvalue weighted by atomic mass is 35.5. The average molecular weight is 279 g/mol. The Kier molecular flexibility index (Phi) is 4.06. The van der Waals surface area contributed by atoms with Crippen LogP contribution in [0.25, 0.3) is 0 Å². The molecule has 0 atom stereocenters. The molecule has 0 fully saturated rings. The lowest BCUT2D eigenvalue weighted by atomic mass is 10.1. The first-order chi connectivity index (χ1) is 9.08. The highest BCUT2D eigenvalue weighted by Crippen LogP contribution is 2.11. The summed E-state index contributed by atoms with van der Waals surface area (Å²) in [5.74, 6) is -0.223. The third kappa shape index (κ3) is 3.26. The van der Waals surface area contributed by atoms with Crippen molar-refractivity contribution >= 4 is 23.2 Å². The number of hydrogen-bond donors (Lipinski definition) is 2. The molecular formula is C13H15ClN4O. The van der Waals surface area contributed by atoms with Crippen molar-refractivity contribution in [1.82, 2.24) is 15.1 Å². The van der Waals surface area contributed by atoms with E-state index in [1.165, 1.54) is 10.9 Å². The number of benzene rings is 1. The quantitative estimate of drug-likeness (QED) is 0.893. The van der Waals surface area contributed by atoms with E-state index in [4.69, 9.17) is 17.3 Å². The molecule has 1 amide bonds. The van der Waals surface area contributed by atoms with E-state index < -0.39 is 0 Å². The summed E-state index contributed by atoms with van der Waals surface area (Å²) in [5.41, 5.74) is 7.52. The van der Waals surface area contributed by atoms with Crippen LogP contribution in [-0.2, 0) is 13.5 Å². The molecule has 6 heteroatoms. The fourth-order valence-electron chi connectivity index (χ4n) is 1.83. The minimum absolute atomic E-state index is 0.223. The van der Waals surface area contributed by atoms with Crippen LogP contribution in [-0.4, -0.2) is 22.2 Å². The van der Waals surface area contributed by atoms with E-state index in [0.29, 0.717) is 29.4 Å². The first-order valence-corrected chi connectivity index (χ1v) is 6.26. The summed E-state index contributed by atoms with van der Waals surface area (Å²) in [7, 11) is 1.68. The normalized spacial score (nSPS) is 10.4. The van der Waals surface area contributed by atoms with E-state index in [1.807, 2.05) is 24.3 Å². The second-order valence-corrected chi connectivity index (χ2v) is 4.64. The number of nitrogens with two attached hydrogens (primary N) is 1. The van der Waals surface area contributed by atoms with E-state index in [0.717, 1.165) is 5.56 Å². The van der Waals surface area contributed by atoms with Crippen LogP contribution in [0.5, 0.6) is 0 Å². The molecule has 1 aromatic heterocycles. The molecule has 2 aromatic rings.